The fourth-order valence-electron chi connectivity index (χ4n) is 2.19. The summed E-state index contributed by atoms with van der Waals surface area (Å²) >= 11 is 1.72. The Morgan fingerprint density at radius 1 is 1.26 bits per heavy atom. The molecule has 1 heterocycles. The number of imide groups is 1. The third-order valence-corrected chi connectivity index (χ3v) is 4.46. The Morgan fingerprint density at radius 3 is 2.57 bits per heavy atom. The molecule has 1 aliphatic heterocycles. The summed E-state index contributed by atoms with van der Waals surface area (Å²) in [5.41, 5.74) is 0.300. The summed E-state index contributed by atoms with van der Waals surface area (Å²) in [7, 11) is 0. The van der Waals surface area contributed by atoms with Crippen LogP contribution < -0.4 is 10.6 Å². The molecule has 1 aliphatic rings. The van der Waals surface area contributed by atoms with Gasteiger partial charge in [-0.3, -0.25) is 14.5 Å². The van der Waals surface area contributed by atoms with E-state index < -0.39 is 11.6 Å². The summed E-state index contributed by atoms with van der Waals surface area (Å²) in [4.78, 5) is 36.4. The molecule has 124 valence electrons. The first-order valence-corrected chi connectivity index (χ1v) is 8.58. The van der Waals surface area contributed by atoms with Gasteiger partial charge in [0, 0.05) is 18.1 Å². The fraction of sp³-hybridized carbons (Fsp3) is 0.438. The van der Waals surface area contributed by atoms with Gasteiger partial charge in [0.15, 0.2) is 0 Å². The fourth-order valence-corrected chi connectivity index (χ4v) is 3.01. The van der Waals surface area contributed by atoms with Crippen molar-refractivity contribution in [3.8, 4) is 0 Å². The number of hydrogen-bond acceptors (Lipinski definition) is 4. The first-order chi connectivity index (χ1) is 10.9. The van der Waals surface area contributed by atoms with Gasteiger partial charge in [-0.1, -0.05) is 30.3 Å². The van der Waals surface area contributed by atoms with Gasteiger partial charge in [0.1, 0.15) is 12.1 Å². The van der Waals surface area contributed by atoms with Crippen molar-refractivity contribution < 1.29 is 14.4 Å². The molecule has 0 atom stereocenters. The first kappa shape index (κ1) is 17.3. The van der Waals surface area contributed by atoms with Crippen LogP contribution in [0.5, 0.6) is 0 Å². The Hall–Kier alpha value is -2.02. The molecule has 0 spiro atoms. The monoisotopic (exact) mass is 335 g/mol. The second-order valence-electron chi connectivity index (χ2n) is 5.83. The second-order valence-corrected chi connectivity index (χ2v) is 6.94. The highest BCUT2D eigenvalue weighted by atomic mass is 32.2. The number of nitrogens with one attached hydrogen (secondary N) is 2. The van der Waals surface area contributed by atoms with Gasteiger partial charge in [0.25, 0.3) is 5.91 Å². The van der Waals surface area contributed by atoms with Crippen LogP contribution in [-0.4, -0.2) is 47.1 Å². The van der Waals surface area contributed by atoms with Crippen molar-refractivity contribution in [3.05, 3.63) is 35.9 Å². The normalized spacial score (nSPS) is 16.3. The predicted molar refractivity (Wildman–Crippen MR) is 89.9 cm³/mol. The minimum Gasteiger partial charge on any atom is -0.354 e. The van der Waals surface area contributed by atoms with E-state index in [0.29, 0.717) is 6.54 Å². The predicted octanol–water partition coefficient (Wildman–Crippen LogP) is 1.37. The van der Waals surface area contributed by atoms with Crippen molar-refractivity contribution in [1.29, 1.82) is 0 Å². The molecular weight excluding hydrogens is 314 g/mol. The molecule has 2 N–H and O–H groups in total. The van der Waals surface area contributed by atoms with Gasteiger partial charge in [0.05, 0.1) is 0 Å². The number of urea groups is 1. The number of hydrogen-bond donors (Lipinski definition) is 2. The summed E-state index contributed by atoms with van der Waals surface area (Å²) in [6.45, 7) is 3.50. The zero-order valence-corrected chi connectivity index (χ0v) is 14.1. The highest BCUT2D eigenvalue weighted by Gasteiger charge is 2.44. The molecule has 23 heavy (non-hydrogen) atoms. The average molecular weight is 335 g/mol. The third kappa shape index (κ3) is 4.72. The zero-order valence-electron chi connectivity index (χ0n) is 13.3. The van der Waals surface area contributed by atoms with Gasteiger partial charge in [-0.05, 0) is 19.4 Å². The Bertz CT molecular complexity index is 589. The number of thioether (sulfide) groups is 1. The minimum atomic E-state index is -0.942. The van der Waals surface area contributed by atoms with E-state index in [0.717, 1.165) is 16.4 Å². The highest BCUT2D eigenvalue weighted by molar-refractivity contribution is 7.98. The van der Waals surface area contributed by atoms with Crippen molar-refractivity contribution in [1.82, 2.24) is 15.5 Å². The first-order valence-electron chi connectivity index (χ1n) is 7.42. The van der Waals surface area contributed by atoms with Crippen molar-refractivity contribution in [3.63, 3.8) is 0 Å². The van der Waals surface area contributed by atoms with Crippen LogP contribution in [-0.2, 0) is 15.3 Å². The van der Waals surface area contributed by atoms with Gasteiger partial charge in [-0.15, -0.1) is 0 Å². The molecule has 1 aromatic rings. The van der Waals surface area contributed by atoms with Gasteiger partial charge in [-0.2, -0.15) is 11.8 Å². The zero-order chi connectivity index (χ0) is 16.9. The van der Waals surface area contributed by atoms with Gasteiger partial charge < -0.3 is 10.6 Å². The van der Waals surface area contributed by atoms with Crippen molar-refractivity contribution in [2.24, 2.45) is 0 Å². The van der Waals surface area contributed by atoms with Crippen molar-refractivity contribution >= 4 is 29.6 Å². The number of nitrogens with zero attached hydrogens (tertiary/aromatic N) is 1. The number of carbonyl (C=O) groups excluding carboxylic acids is 3. The SMILES string of the molecule is CC1(C)NC(=O)N(CC(=O)NCCSCc2ccccc2)C1=O. The molecule has 0 bridgehead atoms. The van der Waals surface area contributed by atoms with E-state index in [1.807, 2.05) is 18.2 Å². The maximum Gasteiger partial charge on any atom is 0.325 e. The molecule has 0 aliphatic carbocycles. The van der Waals surface area contributed by atoms with E-state index in [4.69, 9.17) is 0 Å². The van der Waals surface area contributed by atoms with Crippen molar-refractivity contribution in [2.75, 3.05) is 18.8 Å². The third-order valence-electron chi connectivity index (χ3n) is 3.43. The summed E-state index contributed by atoms with van der Waals surface area (Å²) in [6.07, 6.45) is 0. The maximum atomic E-state index is 12.0. The van der Waals surface area contributed by atoms with Gasteiger partial charge in [-0.25, -0.2) is 4.79 Å². The molecule has 0 radical (unpaired) electrons. The van der Waals surface area contributed by atoms with Gasteiger partial charge in [0.2, 0.25) is 5.91 Å². The van der Waals surface area contributed by atoms with Crippen LogP contribution in [0.4, 0.5) is 4.79 Å². The Morgan fingerprint density at radius 2 is 1.96 bits per heavy atom. The van der Waals surface area contributed by atoms with Crippen LogP contribution in [0.2, 0.25) is 0 Å². The van der Waals surface area contributed by atoms with Crippen LogP contribution in [0.3, 0.4) is 0 Å². The number of rotatable bonds is 7. The lowest BCUT2D eigenvalue weighted by Crippen LogP contribution is -2.43. The smallest absolute Gasteiger partial charge is 0.325 e. The topological polar surface area (TPSA) is 78.5 Å². The van der Waals surface area contributed by atoms with E-state index in [1.165, 1.54) is 5.56 Å². The molecule has 2 rings (SSSR count). The molecule has 0 saturated carbocycles. The molecule has 0 unspecified atom stereocenters. The number of carbonyl (C=O) groups is 3. The summed E-state index contributed by atoms with van der Waals surface area (Å²) < 4.78 is 0. The second kappa shape index (κ2) is 7.50. The molecule has 1 aromatic carbocycles. The van der Waals surface area contributed by atoms with E-state index in [9.17, 15) is 14.4 Å². The highest BCUT2D eigenvalue weighted by Crippen LogP contribution is 2.16. The lowest BCUT2D eigenvalue weighted by Gasteiger charge is -2.15. The number of benzene rings is 1. The minimum absolute atomic E-state index is 0.239. The van der Waals surface area contributed by atoms with Crippen LogP contribution in [0.15, 0.2) is 30.3 Å². The quantitative estimate of drug-likeness (QED) is 0.583. The molecule has 7 heteroatoms. The molecule has 4 amide bonds. The van der Waals surface area contributed by atoms with Gasteiger partial charge >= 0.3 is 6.03 Å². The van der Waals surface area contributed by atoms with Crippen molar-refractivity contribution in [2.45, 2.75) is 25.1 Å². The molecule has 0 aromatic heterocycles. The largest absolute Gasteiger partial charge is 0.354 e. The standard InChI is InChI=1S/C16H21N3O3S/c1-16(2)14(21)19(15(22)18-16)10-13(20)17-8-9-23-11-12-6-4-3-5-7-12/h3-7H,8-11H2,1-2H3,(H,17,20)(H,18,22). The Labute approximate surface area is 140 Å². The van der Waals surface area contributed by atoms with Crippen LogP contribution in [0, 0.1) is 0 Å². The maximum absolute atomic E-state index is 12.0. The Kier molecular flexibility index (Phi) is 5.65. The molecular formula is C16H21N3O3S. The van der Waals surface area contributed by atoms with Crippen LogP contribution >= 0.6 is 11.8 Å². The van der Waals surface area contributed by atoms with E-state index >= 15 is 0 Å². The van der Waals surface area contributed by atoms with Crippen LogP contribution in [0.1, 0.15) is 19.4 Å². The van der Waals surface area contributed by atoms with Crippen LogP contribution in [0.25, 0.3) is 0 Å². The summed E-state index contributed by atoms with van der Waals surface area (Å²) in [5, 5.41) is 5.28. The lowest BCUT2D eigenvalue weighted by atomic mass is 10.1. The lowest BCUT2D eigenvalue weighted by molar-refractivity contribution is -0.134. The molecule has 1 fully saturated rings. The van der Waals surface area contributed by atoms with E-state index in [2.05, 4.69) is 22.8 Å². The summed E-state index contributed by atoms with van der Waals surface area (Å²) in [5.74, 6) is 0.951. The molecule has 6 nitrogen and oxygen atoms in total. The Balaban J connectivity index is 1.66. The average Bonchev–Trinajstić information content (AvgIpc) is 2.70. The molecule has 1 saturated heterocycles. The van der Waals surface area contributed by atoms with E-state index in [-0.39, 0.29) is 18.4 Å². The van der Waals surface area contributed by atoms with E-state index in [1.54, 1.807) is 25.6 Å². The number of amides is 4. The summed E-state index contributed by atoms with van der Waals surface area (Å²) in [6, 6.07) is 9.57.